The molecule has 7 nitrogen and oxygen atoms in total. The molecule has 2 N–H and O–H groups in total. The molecule has 4 rings (SSSR count). The summed E-state index contributed by atoms with van der Waals surface area (Å²) >= 11 is 0. The zero-order valence-corrected chi connectivity index (χ0v) is 14.6. The summed E-state index contributed by atoms with van der Waals surface area (Å²) < 4.78 is 5.53. The highest BCUT2D eigenvalue weighted by molar-refractivity contribution is 5.89. The number of para-hydroxylation sites is 1. The van der Waals surface area contributed by atoms with Crippen LogP contribution in [0.1, 0.15) is 17.3 Å². The summed E-state index contributed by atoms with van der Waals surface area (Å²) in [4.78, 5) is 27.3. The van der Waals surface area contributed by atoms with Gasteiger partial charge >= 0.3 is 0 Å². The van der Waals surface area contributed by atoms with Crippen molar-refractivity contribution in [2.75, 3.05) is 33.3 Å². The Hall–Kier alpha value is -2.93. The van der Waals surface area contributed by atoms with E-state index in [0.717, 1.165) is 29.6 Å². The van der Waals surface area contributed by atoms with Gasteiger partial charge in [-0.25, -0.2) is 9.97 Å². The molecule has 0 radical (unpaired) electrons. The van der Waals surface area contributed by atoms with Crippen LogP contribution < -0.4 is 10.1 Å². The number of nitrogens with zero attached hydrogens (tertiary/aromatic N) is 3. The zero-order valence-electron chi connectivity index (χ0n) is 14.6. The maximum atomic E-state index is 13.4. The van der Waals surface area contributed by atoms with Crippen LogP contribution in [-0.4, -0.2) is 59.0 Å². The van der Waals surface area contributed by atoms with Crippen LogP contribution in [0.5, 0.6) is 5.88 Å². The molecule has 1 saturated heterocycles. The van der Waals surface area contributed by atoms with Crippen LogP contribution in [0.3, 0.4) is 0 Å². The Labute approximate surface area is 151 Å². The fourth-order valence-corrected chi connectivity index (χ4v) is 3.39. The number of pyridine rings is 1. The summed E-state index contributed by atoms with van der Waals surface area (Å²) in [5.74, 6) is 0.490. The van der Waals surface area contributed by atoms with Crippen molar-refractivity contribution in [1.82, 2.24) is 25.2 Å². The number of amides is 1. The topological polar surface area (TPSA) is 83.1 Å². The van der Waals surface area contributed by atoms with Crippen LogP contribution in [0.15, 0.2) is 42.7 Å². The van der Waals surface area contributed by atoms with Gasteiger partial charge in [-0.15, -0.1) is 0 Å². The quantitative estimate of drug-likeness (QED) is 0.745. The third-order valence-electron chi connectivity index (χ3n) is 4.69. The smallest absolute Gasteiger partial charge is 0.238 e. The number of imidazole rings is 1. The fraction of sp³-hybridized carbons (Fsp3) is 0.316. The molecule has 1 atom stereocenters. The Kier molecular flexibility index (Phi) is 4.53. The Morgan fingerprint density at radius 3 is 2.81 bits per heavy atom. The lowest BCUT2D eigenvalue weighted by atomic mass is 9.95. The van der Waals surface area contributed by atoms with Gasteiger partial charge in [0.2, 0.25) is 11.8 Å². The summed E-state index contributed by atoms with van der Waals surface area (Å²) in [6.45, 7) is 2.95. The van der Waals surface area contributed by atoms with E-state index in [-0.39, 0.29) is 5.91 Å². The Bertz CT molecular complexity index is 903. The minimum absolute atomic E-state index is 0.0110. The standard InChI is InChI=1S/C19H21N5O2/c1-26-18-14(12-13-4-2-3-5-15(13)23-18)16(17-21-6-7-22-17)19(25)24-10-8-20-9-11-24/h2-7,12,16,20H,8-11H2,1H3,(H,21,22). The molecular formula is C19H21N5O2. The average molecular weight is 351 g/mol. The van der Waals surface area contributed by atoms with Crippen LogP contribution in [0.4, 0.5) is 0 Å². The van der Waals surface area contributed by atoms with Crippen molar-refractivity contribution in [3.63, 3.8) is 0 Å². The van der Waals surface area contributed by atoms with Gasteiger partial charge < -0.3 is 19.9 Å². The van der Waals surface area contributed by atoms with Gasteiger partial charge in [-0.3, -0.25) is 4.79 Å². The second-order valence-corrected chi connectivity index (χ2v) is 6.26. The number of H-pyrrole nitrogens is 1. The van der Waals surface area contributed by atoms with Crippen molar-refractivity contribution >= 4 is 16.8 Å². The van der Waals surface area contributed by atoms with E-state index in [0.29, 0.717) is 24.8 Å². The zero-order chi connectivity index (χ0) is 17.9. The van der Waals surface area contributed by atoms with Gasteiger partial charge in [-0.2, -0.15) is 0 Å². The minimum Gasteiger partial charge on any atom is -0.481 e. The average Bonchev–Trinajstić information content (AvgIpc) is 3.22. The molecule has 0 saturated carbocycles. The summed E-state index contributed by atoms with van der Waals surface area (Å²) in [6, 6.07) is 9.79. The van der Waals surface area contributed by atoms with Crippen LogP contribution in [0, 0.1) is 0 Å². The number of hydrogen-bond acceptors (Lipinski definition) is 5. The third kappa shape index (κ3) is 3.01. The number of methoxy groups -OCH3 is 1. The highest BCUT2D eigenvalue weighted by Crippen LogP contribution is 2.33. The number of nitrogens with one attached hydrogen (secondary N) is 2. The first-order valence-corrected chi connectivity index (χ1v) is 8.70. The highest BCUT2D eigenvalue weighted by Gasteiger charge is 2.33. The van der Waals surface area contributed by atoms with E-state index < -0.39 is 5.92 Å². The molecule has 1 fully saturated rings. The fourth-order valence-electron chi connectivity index (χ4n) is 3.39. The molecule has 2 aromatic heterocycles. The number of fused-ring (bicyclic) bond motifs is 1. The monoisotopic (exact) mass is 351 g/mol. The molecule has 3 heterocycles. The van der Waals surface area contributed by atoms with E-state index in [4.69, 9.17) is 4.74 Å². The molecule has 7 heteroatoms. The molecule has 1 unspecified atom stereocenters. The van der Waals surface area contributed by atoms with Crippen molar-refractivity contribution in [3.8, 4) is 5.88 Å². The van der Waals surface area contributed by atoms with Crippen molar-refractivity contribution < 1.29 is 9.53 Å². The number of ether oxygens (including phenoxy) is 1. The van der Waals surface area contributed by atoms with E-state index in [9.17, 15) is 4.79 Å². The highest BCUT2D eigenvalue weighted by atomic mass is 16.5. The Morgan fingerprint density at radius 1 is 1.27 bits per heavy atom. The molecule has 1 aromatic carbocycles. The summed E-state index contributed by atoms with van der Waals surface area (Å²) in [6.07, 6.45) is 3.39. The molecule has 3 aromatic rings. The minimum atomic E-state index is -0.574. The van der Waals surface area contributed by atoms with E-state index in [2.05, 4.69) is 20.3 Å². The van der Waals surface area contributed by atoms with Crippen molar-refractivity contribution in [2.45, 2.75) is 5.92 Å². The SMILES string of the molecule is COc1nc2ccccc2cc1C(C(=O)N1CCNCC1)c1ncc[nH]1. The Balaban J connectivity index is 1.83. The van der Waals surface area contributed by atoms with Crippen molar-refractivity contribution in [3.05, 3.63) is 54.1 Å². The van der Waals surface area contributed by atoms with Gasteiger partial charge in [-0.05, 0) is 12.1 Å². The number of aromatic amines is 1. The van der Waals surface area contributed by atoms with Crippen LogP contribution in [-0.2, 0) is 4.79 Å². The number of carbonyl (C=O) groups is 1. The van der Waals surface area contributed by atoms with Gasteiger partial charge in [0.1, 0.15) is 11.7 Å². The number of aromatic nitrogens is 3. The lowest BCUT2D eigenvalue weighted by molar-refractivity contribution is -0.132. The van der Waals surface area contributed by atoms with E-state index in [1.807, 2.05) is 35.2 Å². The molecule has 26 heavy (non-hydrogen) atoms. The van der Waals surface area contributed by atoms with Gasteiger partial charge in [0.05, 0.1) is 12.6 Å². The molecule has 134 valence electrons. The molecule has 0 spiro atoms. The van der Waals surface area contributed by atoms with Gasteiger partial charge in [0.15, 0.2) is 0 Å². The second kappa shape index (κ2) is 7.13. The first kappa shape index (κ1) is 16.5. The van der Waals surface area contributed by atoms with Gasteiger partial charge in [0.25, 0.3) is 0 Å². The second-order valence-electron chi connectivity index (χ2n) is 6.26. The normalized spacial score (nSPS) is 15.8. The predicted octanol–water partition coefficient (Wildman–Crippen LogP) is 1.53. The molecule has 0 aliphatic carbocycles. The number of benzene rings is 1. The third-order valence-corrected chi connectivity index (χ3v) is 4.69. The Morgan fingerprint density at radius 2 is 2.08 bits per heavy atom. The first-order valence-electron chi connectivity index (χ1n) is 8.70. The van der Waals surface area contributed by atoms with E-state index in [1.165, 1.54) is 0 Å². The molecule has 0 bridgehead atoms. The molecular weight excluding hydrogens is 330 g/mol. The molecule has 1 aliphatic rings. The number of piperazine rings is 1. The van der Waals surface area contributed by atoms with Gasteiger partial charge in [0, 0.05) is 49.5 Å². The molecule has 1 amide bonds. The lowest BCUT2D eigenvalue weighted by Gasteiger charge is -2.30. The van der Waals surface area contributed by atoms with Gasteiger partial charge in [-0.1, -0.05) is 18.2 Å². The summed E-state index contributed by atoms with van der Waals surface area (Å²) in [7, 11) is 1.58. The largest absolute Gasteiger partial charge is 0.481 e. The summed E-state index contributed by atoms with van der Waals surface area (Å²) in [5.41, 5.74) is 1.56. The molecule has 1 aliphatic heterocycles. The maximum absolute atomic E-state index is 13.4. The van der Waals surface area contributed by atoms with Crippen molar-refractivity contribution in [2.24, 2.45) is 0 Å². The van der Waals surface area contributed by atoms with Crippen LogP contribution in [0.2, 0.25) is 0 Å². The van der Waals surface area contributed by atoms with E-state index in [1.54, 1.807) is 19.5 Å². The predicted molar refractivity (Wildman–Crippen MR) is 98.2 cm³/mol. The number of carbonyl (C=O) groups excluding carboxylic acids is 1. The van der Waals surface area contributed by atoms with Crippen LogP contribution >= 0.6 is 0 Å². The number of hydrogen-bond donors (Lipinski definition) is 2. The lowest BCUT2D eigenvalue weighted by Crippen LogP contribution is -2.48. The number of rotatable bonds is 4. The summed E-state index contributed by atoms with van der Waals surface area (Å²) in [5, 5.41) is 4.24. The maximum Gasteiger partial charge on any atom is 0.238 e. The van der Waals surface area contributed by atoms with Crippen LogP contribution in [0.25, 0.3) is 10.9 Å². The van der Waals surface area contributed by atoms with Crippen molar-refractivity contribution in [1.29, 1.82) is 0 Å². The van der Waals surface area contributed by atoms with E-state index >= 15 is 0 Å². The first-order chi connectivity index (χ1) is 12.8.